The molecule has 1 aliphatic rings. The molecule has 0 atom stereocenters. The zero-order chi connectivity index (χ0) is 27.2. The Morgan fingerprint density at radius 1 is 1.21 bits per heavy atom. The Balaban J connectivity index is 1.62. The Morgan fingerprint density at radius 3 is 2.87 bits per heavy atom. The number of aryl methyl sites for hydroxylation is 1. The molecule has 3 aromatic heterocycles. The standard InChI is InChI=1S/C32H33N7/c1-5-28-27(17-25(19-33-4)24-15-21(3)14-22(16-24)18-34-6-2)26(9-12-36-28)32-38-29-10-13-37-30(31(29)39-32)23-8-7-11-35-20-23/h5,7-11,13-17,19-20,34,36H,4,6,12,18H2,1-3H3,(H,38,39)/b25-19+,27-17-,28-5-. The molecule has 7 nitrogen and oxygen atoms in total. The highest BCUT2D eigenvalue weighted by Gasteiger charge is 2.21. The van der Waals surface area contributed by atoms with Gasteiger partial charge in [0.05, 0.1) is 11.2 Å². The zero-order valence-electron chi connectivity index (χ0n) is 22.6. The number of rotatable bonds is 8. The van der Waals surface area contributed by atoms with E-state index < -0.39 is 0 Å². The quantitative estimate of drug-likeness (QED) is 0.251. The van der Waals surface area contributed by atoms with Crippen molar-refractivity contribution >= 4 is 28.9 Å². The van der Waals surface area contributed by atoms with Gasteiger partial charge in [-0.3, -0.25) is 15.0 Å². The number of nitrogens with one attached hydrogen (secondary N) is 3. The van der Waals surface area contributed by atoms with Crippen LogP contribution >= 0.6 is 0 Å². The van der Waals surface area contributed by atoms with E-state index in [9.17, 15) is 0 Å². The van der Waals surface area contributed by atoms with Crippen molar-refractivity contribution in [1.29, 1.82) is 0 Å². The van der Waals surface area contributed by atoms with Crippen molar-refractivity contribution in [1.82, 2.24) is 30.6 Å². The Morgan fingerprint density at radius 2 is 2.10 bits per heavy atom. The summed E-state index contributed by atoms with van der Waals surface area (Å²) in [6, 6.07) is 12.5. The van der Waals surface area contributed by atoms with Crippen molar-refractivity contribution in [3.8, 4) is 11.3 Å². The molecule has 0 saturated carbocycles. The molecule has 4 heterocycles. The first kappa shape index (κ1) is 26.0. The van der Waals surface area contributed by atoms with Crippen molar-refractivity contribution in [2.45, 2.75) is 27.3 Å². The number of pyridine rings is 2. The third-order valence-electron chi connectivity index (χ3n) is 6.64. The fourth-order valence-corrected chi connectivity index (χ4v) is 4.88. The summed E-state index contributed by atoms with van der Waals surface area (Å²) < 4.78 is 0. The van der Waals surface area contributed by atoms with Gasteiger partial charge in [0.1, 0.15) is 11.3 Å². The van der Waals surface area contributed by atoms with Crippen LogP contribution in [0.2, 0.25) is 0 Å². The van der Waals surface area contributed by atoms with Gasteiger partial charge < -0.3 is 15.6 Å². The summed E-state index contributed by atoms with van der Waals surface area (Å²) in [5.74, 6) is 0.790. The lowest BCUT2D eigenvalue weighted by molar-refractivity contribution is 0.726. The van der Waals surface area contributed by atoms with Crippen LogP contribution in [-0.2, 0) is 6.54 Å². The van der Waals surface area contributed by atoms with E-state index in [-0.39, 0.29) is 0 Å². The van der Waals surface area contributed by atoms with Gasteiger partial charge >= 0.3 is 0 Å². The van der Waals surface area contributed by atoms with Gasteiger partial charge in [-0.1, -0.05) is 36.8 Å². The number of hydrogen-bond acceptors (Lipinski definition) is 6. The van der Waals surface area contributed by atoms with Gasteiger partial charge in [-0.05, 0) is 68.6 Å². The topological polar surface area (TPSA) is 90.9 Å². The molecule has 0 bridgehead atoms. The number of aromatic nitrogens is 4. The van der Waals surface area contributed by atoms with Crippen molar-refractivity contribution in [2.75, 3.05) is 13.1 Å². The van der Waals surface area contributed by atoms with E-state index in [0.717, 1.165) is 69.2 Å². The van der Waals surface area contributed by atoms with E-state index in [2.05, 4.69) is 87.6 Å². The molecule has 0 amide bonds. The van der Waals surface area contributed by atoms with E-state index in [0.29, 0.717) is 6.54 Å². The van der Waals surface area contributed by atoms with E-state index in [1.165, 1.54) is 11.1 Å². The molecule has 4 aromatic rings. The highest BCUT2D eigenvalue weighted by molar-refractivity contribution is 5.94. The lowest BCUT2D eigenvalue weighted by Crippen LogP contribution is -2.21. The Kier molecular flexibility index (Phi) is 7.89. The number of hydrogen-bond donors (Lipinski definition) is 3. The number of imidazole rings is 1. The molecule has 0 fully saturated rings. The monoisotopic (exact) mass is 515 g/mol. The number of fused-ring (bicyclic) bond motifs is 1. The molecular weight excluding hydrogens is 482 g/mol. The third-order valence-corrected chi connectivity index (χ3v) is 6.64. The van der Waals surface area contributed by atoms with E-state index in [1.807, 2.05) is 37.5 Å². The van der Waals surface area contributed by atoms with Gasteiger partial charge in [0.2, 0.25) is 0 Å². The first-order chi connectivity index (χ1) is 19.1. The minimum Gasteiger partial charge on any atom is -0.381 e. The normalized spacial score (nSPS) is 16.0. The second-order valence-electron chi connectivity index (χ2n) is 9.40. The summed E-state index contributed by atoms with van der Waals surface area (Å²) in [5.41, 5.74) is 11.1. The Hall–Kier alpha value is -4.62. The minimum absolute atomic E-state index is 0.702. The number of benzene rings is 1. The summed E-state index contributed by atoms with van der Waals surface area (Å²) in [4.78, 5) is 21.6. The molecule has 0 aliphatic carbocycles. The third kappa shape index (κ3) is 5.63. The molecule has 0 saturated heterocycles. The van der Waals surface area contributed by atoms with Crippen LogP contribution in [0.25, 0.3) is 33.4 Å². The van der Waals surface area contributed by atoms with Crippen molar-refractivity contribution in [3.63, 3.8) is 0 Å². The van der Waals surface area contributed by atoms with Crippen LogP contribution in [0.5, 0.6) is 0 Å². The van der Waals surface area contributed by atoms with Crippen LogP contribution in [-0.4, -0.2) is 39.7 Å². The molecule has 1 aromatic carbocycles. The summed E-state index contributed by atoms with van der Waals surface area (Å²) in [7, 11) is 0. The average molecular weight is 516 g/mol. The van der Waals surface area contributed by atoms with Crippen LogP contribution in [0, 0.1) is 6.92 Å². The first-order valence-corrected chi connectivity index (χ1v) is 13.2. The van der Waals surface area contributed by atoms with Gasteiger partial charge in [0.25, 0.3) is 0 Å². The molecule has 39 heavy (non-hydrogen) atoms. The van der Waals surface area contributed by atoms with Gasteiger partial charge in [0.15, 0.2) is 0 Å². The summed E-state index contributed by atoms with van der Waals surface area (Å²) in [6.07, 6.45) is 13.6. The number of allylic oxidation sites excluding steroid dienone is 4. The van der Waals surface area contributed by atoms with E-state index >= 15 is 0 Å². The molecule has 0 unspecified atom stereocenters. The van der Waals surface area contributed by atoms with E-state index in [4.69, 9.17) is 4.98 Å². The van der Waals surface area contributed by atoms with Gasteiger partial charge in [0, 0.05) is 65.9 Å². The fraction of sp³-hybridized carbons (Fsp3) is 0.188. The molecule has 0 spiro atoms. The van der Waals surface area contributed by atoms with Crippen LogP contribution in [0.15, 0.2) is 95.7 Å². The highest BCUT2D eigenvalue weighted by atomic mass is 15.0. The lowest BCUT2D eigenvalue weighted by Gasteiger charge is -2.22. The Labute approximate surface area is 229 Å². The smallest absolute Gasteiger partial charge is 0.139 e. The lowest BCUT2D eigenvalue weighted by atomic mass is 9.92. The Bertz CT molecular complexity index is 1620. The second-order valence-corrected chi connectivity index (χ2v) is 9.40. The van der Waals surface area contributed by atoms with Crippen LogP contribution in [0.1, 0.15) is 36.4 Å². The molecule has 5 rings (SSSR count). The number of nitrogens with zero attached hydrogens (tertiary/aromatic N) is 4. The molecule has 0 radical (unpaired) electrons. The van der Waals surface area contributed by atoms with Crippen LogP contribution in [0.4, 0.5) is 0 Å². The average Bonchev–Trinajstić information content (AvgIpc) is 3.40. The van der Waals surface area contributed by atoms with Gasteiger partial charge in [-0.2, -0.15) is 0 Å². The SMILES string of the molecule is C=N\C=C(/C=C1/C(c2nc3c(-c4cccnc4)nccc3[nH]2)=CCN/C1=C\C)c1cc(C)cc(CNCC)c1. The summed E-state index contributed by atoms with van der Waals surface area (Å²) in [6.45, 7) is 12.5. The van der Waals surface area contributed by atoms with Crippen LogP contribution < -0.4 is 10.6 Å². The van der Waals surface area contributed by atoms with E-state index in [1.54, 1.807) is 12.4 Å². The largest absolute Gasteiger partial charge is 0.381 e. The molecule has 1 aliphatic heterocycles. The van der Waals surface area contributed by atoms with Crippen molar-refractivity contribution in [3.05, 3.63) is 113 Å². The number of aliphatic imine (C=N–C) groups is 1. The maximum Gasteiger partial charge on any atom is 0.139 e. The van der Waals surface area contributed by atoms with Crippen molar-refractivity contribution in [2.24, 2.45) is 4.99 Å². The highest BCUT2D eigenvalue weighted by Crippen LogP contribution is 2.34. The molecular formula is C32H33N7. The number of H-pyrrole nitrogens is 1. The zero-order valence-corrected chi connectivity index (χ0v) is 22.6. The molecule has 196 valence electrons. The predicted octanol–water partition coefficient (Wildman–Crippen LogP) is 6.00. The predicted molar refractivity (Wildman–Crippen MR) is 161 cm³/mol. The fourth-order valence-electron chi connectivity index (χ4n) is 4.88. The van der Waals surface area contributed by atoms with Crippen molar-refractivity contribution < 1.29 is 0 Å². The first-order valence-electron chi connectivity index (χ1n) is 13.2. The summed E-state index contributed by atoms with van der Waals surface area (Å²) >= 11 is 0. The maximum atomic E-state index is 5.05. The van der Waals surface area contributed by atoms with Gasteiger partial charge in [-0.15, -0.1) is 0 Å². The number of aromatic amines is 1. The summed E-state index contributed by atoms with van der Waals surface area (Å²) in [5, 5.41) is 6.93. The maximum absolute atomic E-state index is 5.05. The van der Waals surface area contributed by atoms with Gasteiger partial charge in [-0.25, -0.2) is 4.98 Å². The second kappa shape index (κ2) is 11.8. The molecule has 3 N–H and O–H groups in total. The van der Waals surface area contributed by atoms with Crippen LogP contribution in [0.3, 0.4) is 0 Å². The molecule has 7 heteroatoms. The minimum atomic E-state index is 0.702.